The summed E-state index contributed by atoms with van der Waals surface area (Å²) in [5.41, 5.74) is -3.07. The number of hydrogen-bond acceptors (Lipinski definition) is 4. The molecule has 1 aliphatic carbocycles. The monoisotopic (exact) mass is 253 g/mol. The fourth-order valence-corrected chi connectivity index (χ4v) is 1.80. The Kier molecular flexibility index (Phi) is 2.77. The van der Waals surface area contributed by atoms with Crippen LogP contribution in [-0.4, -0.2) is 32.5 Å². The molecule has 0 spiro atoms. The van der Waals surface area contributed by atoms with Crippen molar-refractivity contribution in [3.63, 3.8) is 0 Å². The fraction of sp³-hybridized carbons (Fsp3) is 0.400. The van der Waals surface area contributed by atoms with Gasteiger partial charge in [-0.2, -0.15) is 0 Å². The van der Waals surface area contributed by atoms with E-state index in [1.54, 1.807) is 0 Å². The fourth-order valence-electron chi connectivity index (χ4n) is 1.80. The normalized spacial score (nSPS) is 16.7. The Bertz CT molecular complexity index is 582. The van der Waals surface area contributed by atoms with E-state index in [4.69, 9.17) is 5.11 Å². The summed E-state index contributed by atoms with van der Waals surface area (Å²) in [4.78, 5) is 48.9. The number of carbonyl (C=O) groups excluding carboxylic acids is 1. The minimum absolute atomic E-state index is 0.253. The number of carboxylic acid groups (broad SMARTS) is 1. The van der Waals surface area contributed by atoms with Gasteiger partial charge in [-0.15, -0.1) is 0 Å². The maximum absolute atomic E-state index is 11.8. The molecule has 96 valence electrons. The maximum Gasteiger partial charge on any atom is 0.329 e. The van der Waals surface area contributed by atoms with Crippen molar-refractivity contribution in [1.82, 2.24) is 15.3 Å². The standard InChI is InChI=1S/C10H11N3O5/c14-6-4-5(11-9(18)12-6)7(15)13-10(8(16)17)2-1-3-10/h4H,1-3H2,(H,13,15)(H,16,17)(H2,11,12,14,18). The molecule has 0 unspecified atom stereocenters. The molecule has 2 rings (SSSR count). The highest BCUT2D eigenvalue weighted by Gasteiger charge is 2.45. The summed E-state index contributed by atoms with van der Waals surface area (Å²) in [6.07, 6.45) is 1.38. The molecular weight excluding hydrogens is 242 g/mol. The van der Waals surface area contributed by atoms with Crippen molar-refractivity contribution in [1.29, 1.82) is 0 Å². The van der Waals surface area contributed by atoms with E-state index in [1.807, 2.05) is 4.98 Å². The molecule has 8 heteroatoms. The van der Waals surface area contributed by atoms with Crippen molar-refractivity contribution in [2.24, 2.45) is 0 Å². The van der Waals surface area contributed by atoms with Gasteiger partial charge in [-0.1, -0.05) is 0 Å². The van der Waals surface area contributed by atoms with Crippen LogP contribution in [0.4, 0.5) is 0 Å². The van der Waals surface area contributed by atoms with Crippen molar-refractivity contribution >= 4 is 11.9 Å². The first kappa shape index (κ1) is 12.1. The Morgan fingerprint density at radius 3 is 2.39 bits per heavy atom. The maximum atomic E-state index is 11.8. The molecule has 0 atom stereocenters. The first-order chi connectivity index (χ1) is 8.43. The van der Waals surface area contributed by atoms with Gasteiger partial charge in [-0.25, -0.2) is 9.59 Å². The zero-order valence-corrected chi connectivity index (χ0v) is 9.28. The van der Waals surface area contributed by atoms with Crippen LogP contribution in [-0.2, 0) is 4.79 Å². The predicted molar refractivity (Wildman–Crippen MR) is 59.4 cm³/mol. The lowest BCUT2D eigenvalue weighted by atomic mass is 9.76. The molecule has 18 heavy (non-hydrogen) atoms. The van der Waals surface area contributed by atoms with Crippen molar-refractivity contribution < 1.29 is 14.7 Å². The first-order valence-electron chi connectivity index (χ1n) is 5.32. The average molecular weight is 253 g/mol. The molecule has 0 aromatic carbocycles. The van der Waals surface area contributed by atoms with Crippen LogP contribution in [0.25, 0.3) is 0 Å². The number of H-pyrrole nitrogens is 2. The number of aliphatic carboxylic acids is 1. The molecule has 0 radical (unpaired) electrons. The summed E-state index contributed by atoms with van der Waals surface area (Å²) < 4.78 is 0. The van der Waals surface area contributed by atoms with E-state index >= 15 is 0 Å². The molecule has 1 amide bonds. The average Bonchev–Trinajstić information content (AvgIpc) is 2.21. The van der Waals surface area contributed by atoms with E-state index in [-0.39, 0.29) is 5.69 Å². The molecule has 1 saturated carbocycles. The minimum Gasteiger partial charge on any atom is -0.480 e. The van der Waals surface area contributed by atoms with Gasteiger partial charge in [-0.05, 0) is 19.3 Å². The second-order valence-corrected chi connectivity index (χ2v) is 4.20. The van der Waals surface area contributed by atoms with Crippen molar-refractivity contribution in [3.05, 3.63) is 32.6 Å². The summed E-state index contributed by atoms with van der Waals surface area (Å²) in [6.45, 7) is 0. The second-order valence-electron chi connectivity index (χ2n) is 4.20. The van der Waals surface area contributed by atoms with Gasteiger partial charge < -0.3 is 15.4 Å². The van der Waals surface area contributed by atoms with E-state index in [9.17, 15) is 19.2 Å². The van der Waals surface area contributed by atoms with Crippen molar-refractivity contribution in [2.75, 3.05) is 0 Å². The van der Waals surface area contributed by atoms with E-state index in [0.717, 1.165) is 6.07 Å². The number of nitrogens with one attached hydrogen (secondary N) is 3. The van der Waals surface area contributed by atoms with Crippen LogP contribution in [0.3, 0.4) is 0 Å². The van der Waals surface area contributed by atoms with E-state index in [1.165, 1.54) is 0 Å². The van der Waals surface area contributed by atoms with Gasteiger partial charge in [0.2, 0.25) is 0 Å². The Morgan fingerprint density at radius 1 is 1.28 bits per heavy atom. The highest BCUT2D eigenvalue weighted by molar-refractivity contribution is 5.96. The molecular formula is C10H11N3O5. The van der Waals surface area contributed by atoms with Gasteiger partial charge in [-0.3, -0.25) is 14.6 Å². The number of aromatic amines is 2. The molecule has 0 aliphatic heterocycles. The van der Waals surface area contributed by atoms with Gasteiger partial charge in [0.15, 0.2) is 0 Å². The summed E-state index contributed by atoms with van der Waals surface area (Å²) in [5, 5.41) is 11.4. The Labute approximate surface area is 100 Å². The first-order valence-corrected chi connectivity index (χ1v) is 5.32. The van der Waals surface area contributed by atoms with Crippen LogP contribution in [0.2, 0.25) is 0 Å². The van der Waals surface area contributed by atoms with Crippen LogP contribution in [0, 0.1) is 0 Å². The Hall–Kier alpha value is -2.38. The SMILES string of the molecule is O=C(NC1(C(=O)O)CCC1)c1cc(=O)[nH]c(=O)[nH]1. The molecule has 1 aromatic heterocycles. The second kappa shape index (κ2) is 4.13. The van der Waals surface area contributed by atoms with Crippen LogP contribution < -0.4 is 16.6 Å². The summed E-state index contributed by atoms with van der Waals surface area (Å²) in [6, 6.07) is 0.908. The molecule has 0 bridgehead atoms. The lowest BCUT2D eigenvalue weighted by Crippen LogP contribution is -2.59. The number of aromatic nitrogens is 2. The molecule has 0 saturated heterocycles. The Balaban J connectivity index is 2.24. The lowest BCUT2D eigenvalue weighted by molar-refractivity contribution is -0.148. The molecule has 1 heterocycles. The zero-order chi connectivity index (χ0) is 13.3. The quantitative estimate of drug-likeness (QED) is 0.537. The third kappa shape index (κ3) is 2.04. The number of rotatable bonds is 3. The molecule has 1 aromatic rings. The highest BCUT2D eigenvalue weighted by Crippen LogP contribution is 2.32. The molecule has 1 aliphatic rings. The Morgan fingerprint density at radius 2 is 1.94 bits per heavy atom. The summed E-state index contributed by atoms with van der Waals surface area (Å²) in [7, 11) is 0. The third-order valence-corrected chi connectivity index (χ3v) is 2.97. The number of hydrogen-bond donors (Lipinski definition) is 4. The largest absolute Gasteiger partial charge is 0.480 e. The van der Waals surface area contributed by atoms with Gasteiger partial charge in [0.1, 0.15) is 11.2 Å². The van der Waals surface area contributed by atoms with Gasteiger partial charge in [0.25, 0.3) is 11.5 Å². The number of carbonyl (C=O) groups is 2. The van der Waals surface area contributed by atoms with E-state index in [0.29, 0.717) is 19.3 Å². The highest BCUT2D eigenvalue weighted by atomic mass is 16.4. The summed E-state index contributed by atoms with van der Waals surface area (Å²) >= 11 is 0. The van der Waals surface area contributed by atoms with Crippen molar-refractivity contribution in [3.8, 4) is 0 Å². The molecule has 8 nitrogen and oxygen atoms in total. The minimum atomic E-state index is -1.28. The van der Waals surface area contributed by atoms with E-state index < -0.39 is 28.7 Å². The summed E-state index contributed by atoms with van der Waals surface area (Å²) in [5.74, 6) is -1.89. The zero-order valence-electron chi connectivity index (χ0n) is 9.28. The van der Waals surface area contributed by atoms with Crippen LogP contribution in [0.1, 0.15) is 29.8 Å². The number of carboxylic acids is 1. The van der Waals surface area contributed by atoms with Gasteiger partial charge in [0, 0.05) is 6.07 Å². The molecule has 1 fully saturated rings. The van der Waals surface area contributed by atoms with Crippen LogP contribution in [0.15, 0.2) is 15.7 Å². The van der Waals surface area contributed by atoms with Crippen molar-refractivity contribution in [2.45, 2.75) is 24.8 Å². The lowest BCUT2D eigenvalue weighted by Gasteiger charge is -2.38. The number of amides is 1. The van der Waals surface area contributed by atoms with Crippen LogP contribution >= 0.6 is 0 Å². The van der Waals surface area contributed by atoms with Gasteiger partial charge in [0.05, 0.1) is 0 Å². The predicted octanol–water partition coefficient (Wildman–Crippen LogP) is -1.20. The molecule has 4 N–H and O–H groups in total. The van der Waals surface area contributed by atoms with Crippen LogP contribution in [0.5, 0.6) is 0 Å². The van der Waals surface area contributed by atoms with E-state index in [2.05, 4.69) is 10.3 Å². The smallest absolute Gasteiger partial charge is 0.329 e. The third-order valence-electron chi connectivity index (χ3n) is 2.97. The topological polar surface area (TPSA) is 132 Å². The van der Waals surface area contributed by atoms with Gasteiger partial charge >= 0.3 is 11.7 Å².